The van der Waals surface area contributed by atoms with E-state index in [-0.39, 0.29) is 18.3 Å². The predicted octanol–water partition coefficient (Wildman–Crippen LogP) is 3.52. The lowest BCUT2D eigenvalue weighted by Gasteiger charge is -2.12. The van der Waals surface area contributed by atoms with E-state index in [2.05, 4.69) is 10.6 Å². The Labute approximate surface area is 149 Å². The molecule has 0 spiro atoms. The van der Waals surface area contributed by atoms with Crippen molar-refractivity contribution < 1.29 is 9.53 Å². The second kappa shape index (κ2) is 9.30. The summed E-state index contributed by atoms with van der Waals surface area (Å²) in [6.07, 6.45) is 2.58. The van der Waals surface area contributed by atoms with E-state index in [1.807, 2.05) is 54.6 Å². The number of ether oxygens (including phenoxy) is 1. The van der Waals surface area contributed by atoms with Crippen molar-refractivity contribution in [3.63, 3.8) is 0 Å². The number of carbonyl (C=O) groups excluding carboxylic acids is 1. The first-order valence-corrected chi connectivity index (χ1v) is 8.09. The third-order valence-corrected chi connectivity index (χ3v) is 3.84. The van der Waals surface area contributed by atoms with Crippen LogP contribution in [0.1, 0.15) is 18.4 Å². The first kappa shape index (κ1) is 18.3. The van der Waals surface area contributed by atoms with Gasteiger partial charge in [0.2, 0.25) is 5.91 Å². The fourth-order valence-electron chi connectivity index (χ4n) is 2.33. The minimum atomic E-state index is 0. The molecule has 5 heteroatoms. The Bertz CT molecular complexity index is 645. The molecule has 3 rings (SSSR count). The van der Waals surface area contributed by atoms with Gasteiger partial charge in [-0.1, -0.05) is 36.4 Å². The van der Waals surface area contributed by atoms with Crippen molar-refractivity contribution in [1.29, 1.82) is 0 Å². The van der Waals surface area contributed by atoms with E-state index in [9.17, 15) is 4.79 Å². The van der Waals surface area contributed by atoms with Gasteiger partial charge < -0.3 is 15.4 Å². The van der Waals surface area contributed by atoms with Crippen LogP contribution in [-0.2, 0) is 11.3 Å². The Balaban J connectivity index is 0.00000208. The molecule has 0 radical (unpaired) electrons. The van der Waals surface area contributed by atoms with E-state index >= 15 is 0 Å². The summed E-state index contributed by atoms with van der Waals surface area (Å²) < 4.78 is 5.90. The highest BCUT2D eigenvalue weighted by atomic mass is 35.5. The number of para-hydroxylation sites is 2. The molecule has 2 aromatic rings. The largest absolute Gasteiger partial charge is 0.457 e. The topological polar surface area (TPSA) is 50.4 Å². The molecule has 24 heavy (non-hydrogen) atoms. The fourth-order valence-corrected chi connectivity index (χ4v) is 2.33. The van der Waals surface area contributed by atoms with Gasteiger partial charge in [0, 0.05) is 12.1 Å². The molecule has 1 aliphatic rings. The number of carbonyl (C=O) groups is 1. The molecule has 0 bridgehead atoms. The summed E-state index contributed by atoms with van der Waals surface area (Å²) in [5.41, 5.74) is 0.965. The highest BCUT2D eigenvalue weighted by Gasteiger charge is 2.20. The molecule has 0 atom stereocenters. The molecule has 1 amide bonds. The van der Waals surface area contributed by atoms with Gasteiger partial charge in [0.25, 0.3) is 0 Å². The van der Waals surface area contributed by atoms with Gasteiger partial charge >= 0.3 is 0 Å². The summed E-state index contributed by atoms with van der Waals surface area (Å²) in [6, 6.07) is 17.4. The third-order valence-electron chi connectivity index (χ3n) is 3.84. The Morgan fingerprint density at radius 2 is 1.75 bits per heavy atom. The van der Waals surface area contributed by atoms with E-state index in [0.717, 1.165) is 29.5 Å². The van der Waals surface area contributed by atoms with E-state index < -0.39 is 0 Å². The molecule has 2 aromatic carbocycles. The highest BCUT2D eigenvalue weighted by Crippen LogP contribution is 2.27. The zero-order valence-electron chi connectivity index (χ0n) is 13.5. The van der Waals surface area contributed by atoms with Gasteiger partial charge in [-0.05, 0) is 43.5 Å². The molecule has 2 N–H and O–H groups in total. The van der Waals surface area contributed by atoms with Gasteiger partial charge in [0.05, 0.1) is 6.54 Å². The lowest BCUT2D eigenvalue weighted by Crippen LogP contribution is -2.34. The Kier molecular flexibility index (Phi) is 7.09. The maximum Gasteiger partial charge on any atom is 0.234 e. The van der Waals surface area contributed by atoms with Crippen LogP contribution in [0.15, 0.2) is 54.6 Å². The minimum Gasteiger partial charge on any atom is -0.457 e. The van der Waals surface area contributed by atoms with Crippen LogP contribution in [0.25, 0.3) is 0 Å². The average molecular weight is 347 g/mol. The molecule has 0 heterocycles. The van der Waals surface area contributed by atoms with Gasteiger partial charge in [-0.3, -0.25) is 4.79 Å². The fraction of sp³-hybridized carbons (Fsp3) is 0.316. The standard InChI is InChI=1S/C19H22N2O2.ClH/c22-19(14-20-12-15-10-11-15)21-13-16-6-4-5-9-18(16)23-17-7-2-1-3-8-17;/h1-9,15,20H,10-14H2,(H,21,22);1H. The molecule has 0 aromatic heterocycles. The summed E-state index contributed by atoms with van der Waals surface area (Å²) in [6.45, 7) is 1.78. The van der Waals surface area contributed by atoms with E-state index in [4.69, 9.17) is 4.74 Å². The molecule has 0 saturated heterocycles. The zero-order valence-corrected chi connectivity index (χ0v) is 14.4. The first-order chi connectivity index (χ1) is 11.3. The summed E-state index contributed by atoms with van der Waals surface area (Å²) in [5.74, 6) is 2.35. The van der Waals surface area contributed by atoms with Crippen molar-refractivity contribution in [2.75, 3.05) is 13.1 Å². The van der Waals surface area contributed by atoms with Crippen LogP contribution < -0.4 is 15.4 Å². The van der Waals surface area contributed by atoms with Gasteiger partial charge in [-0.25, -0.2) is 0 Å². The SMILES string of the molecule is Cl.O=C(CNCC1CC1)NCc1ccccc1Oc1ccccc1. The molecule has 1 saturated carbocycles. The van der Waals surface area contributed by atoms with Gasteiger partial charge in [-0.15, -0.1) is 12.4 Å². The summed E-state index contributed by atoms with van der Waals surface area (Å²) in [7, 11) is 0. The summed E-state index contributed by atoms with van der Waals surface area (Å²) in [4.78, 5) is 11.9. The van der Waals surface area contributed by atoms with E-state index in [1.54, 1.807) is 0 Å². The van der Waals surface area contributed by atoms with Crippen LogP contribution in [0, 0.1) is 5.92 Å². The summed E-state index contributed by atoms with van der Waals surface area (Å²) >= 11 is 0. The van der Waals surface area contributed by atoms with Crippen molar-refractivity contribution in [3.05, 3.63) is 60.2 Å². The molecule has 1 fully saturated rings. The third kappa shape index (κ3) is 5.87. The van der Waals surface area contributed by atoms with Crippen LogP contribution >= 0.6 is 12.4 Å². The van der Waals surface area contributed by atoms with Crippen LogP contribution in [0.4, 0.5) is 0 Å². The van der Waals surface area contributed by atoms with Crippen LogP contribution in [0.5, 0.6) is 11.5 Å². The average Bonchev–Trinajstić information content (AvgIpc) is 3.39. The van der Waals surface area contributed by atoms with Gasteiger partial charge in [0.15, 0.2) is 0 Å². The lowest BCUT2D eigenvalue weighted by molar-refractivity contribution is -0.120. The second-order valence-electron chi connectivity index (χ2n) is 5.87. The molecular weight excluding hydrogens is 324 g/mol. The van der Waals surface area contributed by atoms with Crippen molar-refractivity contribution in [2.45, 2.75) is 19.4 Å². The lowest BCUT2D eigenvalue weighted by atomic mass is 10.2. The quantitative estimate of drug-likeness (QED) is 0.769. The van der Waals surface area contributed by atoms with Gasteiger partial charge in [0.1, 0.15) is 11.5 Å². The molecule has 1 aliphatic carbocycles. The monoisotopic (exact) mass is 346 g/mol. The summed E-state index contributed by atoms with van der Waals surface area (Å²) in [5, 5.41) is 6.13. The maximum absolute atomic E-state index is 11.9. The van der Waals surface area contributed by atoms with Crippen LogP contribution in [0.3, 0.4) is 0 Å². The van der Waals surface area contributed by atoms with Crippen molar-refractivity contribution >= 4 is 18.3 Å². The van der Waals surface area contributed by atoms with Crippen LogP contribution in [0.2, 0.25) is 0 Å². The molecule has 4 nitrogen and oxygen atoms in total. The number of hydrogen-bond donors (Lipinski definition) is 2. The van der Waals surface area contributed by atoms with Crippen LogP contribution in [-0.4, -0.2) is 19.0 Å². The molecular formula is C19H23ClN2O2. The first-order valence-electron chi connectivity index (χ1n) is 8.09. The molecule has 0 unspecified atom stereocenters. The number of amides is 1. The number of halogens is 1. The normalized spacial score (nSPS) is 13.0. The minimum absolute atomic E-state index is 0. The van der Waals surface area contributed by atoms with Crippen molar-refractivity contribution in [3.8, 4) is 11.5 Å². The van der Waals surface area contributed by atoms with Gasteiger partial charge in [-0.2, -0.15) is 0 Å². The predicted molar refractivity (Wildman–Crippen MR) is 97.6 cm³/mol. The Morgan fingerprint density at radius 1 is 1.04 bits per heavy atom. The Hall–Kier alpha value is -2.04. The second-order valence-corrected chi connectivity index (χ2v) is 5.87. The number of rotatable bonds is 8. The molecule has 0 aliphatic heterocycles. The van der Waals surface area contributed by atoms with Crippen molar-refractivity contribution in [2.24, 2.45) is 5.92 Å². The maximum atomic E-state index is 11.9. The van der Waals surface area contributed by atoms with Crippen molar-refractivity contribution in [1.82, 2.24) is 10.6 Å². The Morgan fingerprint density at radius 3 is 2.50 bits per heavy atom. The molecule has 128 valence electrons. The number of hydrogen-bond acceptors (Lipinski definition) is 3. The number of nitrogens with one attached hydrogen (secondary N) is 2. The van der Waals surface area contributed by atoms with E-state index in [1.165, 1.54) is 12.8 Å². The van der Waals surface area contributed by atoms with E-state index in [0.29, 0.717) is 13.1 Å². The zero-order chi connectivity index (χ0) is 15.9. The smallest absolute Gasteiger partial charge is 0.234 e. The number of benzene rings is 2. The highest BCUT2D eigenvalue weighted by molar-refractivity contribution is 5.85.